The van der Waals surface area contributed by atoms with Crippen LogP contribution in [0.1, 0.15) is 52.2 Å². The van der Waals surface area contributed by atoms with Crippen molar-refractivity contribution >= 4 is 29.0 Å². The lowest BCUT2D eigenvalue weighted by Crippen LogP contribution is -2.31. The van der Waals surface area contributed by atoms with E-state index in [0.29, 0.717) is 22.5 Å². The normalized spacial score (nSPS) is 20.9. The molecule has 1 atom stereocenters. The van der Waals surface area contributed by atoms with E-state index in [2.05, 4.69) is 20.5 Å². The highest BCUT2D eigenvalue weighted by atomic mass is 16.2. The topological polar surface area (TPSA) is 104 Å². The van der Waals surface area contributed by atoms with Gasteiger partial charge in [0.1, 0.15) is 0 Å². The minimum absolute atomic E-state index is 0.00438. The number of fused-ring (bicyclic) bond motifs is 2. The second-order valence-electron chi connectivity index (χ2n) is 8.86. The molecule has 2 heterocycles. The first-order chi connectivity index (χ1) is 15.3. The highest BCUT2D eigenvalue weighted by molar-refractivity contribution is 6.15. The van der Waals surface area contributed by atoms with Crippen LogP contribution in [0.15, 0.2) is 70.6 Å². The van der Waals surface area contributed by atoms with Gasteiger partial charge in [-0.15, -0.1) is 10.2 Å². The second-order valence-corrected chi connectivity index (χ2v) is 8.86. The molecule has 1 aromatic carbocycles. The lowest BCUT2D eigenvalue weighted by atomic mass is 9.74. The van der Waals surface area contributed by atoms with Gasteiger partial charge in [-0.2, -0.15) is 0 Å². The minimum Gasteiger partial charge on any atom is -0.364 e. The molecule has 32 heavy (non-hydrogen) atoms. The molecule has 0 bridgehead atoms. The molecule has 2 amide bonds. The van der Waals surface area contributed by atoms with Crippen LogP contribution in [-0.2, 0) is 11.2 Å². The van der Waals surface area contributed by atoms with Crippen molar-refractivity contribution in [3.63, 3.8) is 0 Å². The Labute approximate surface area is 185 Å². The van der Waals surface area contributed by atoms with E-state index in [1.807, 2.05) is 50.3 Å². The first kappa shape index (κ1) is 20.1. The number of amides is 2. The van der Waals surface area contributed by atoms with Gasteiger partial charge in [-0.05, 0) is 30.5 Å². The quantitative estimate of drug-likeness (QED) is 0.732. The molecule has 0 radical (unpaired) electrons. The molecule has 160 valence electrons. The van der Waals surface area contributed by atoms with E-state index in [1.165, 1.54) is 0 Å². The van der Waals surface area contributed by atoms with Crippen molar-refractivity contribution in [3.8, 4) is 0 Å². The van der Waals surface area contributed by atoms with Crippen molar-refractivity contribution in [2.75, 3.05) is 5.32 Å². The largest absolute Gasteiger partial charge is 0.364 e. The zero-order valence-corrected chi connectivity index (χ0v) is 17.8. The second kappa shape index (κ2) is 7.37. The fraction of sp³-hybridized carbons (Fsp3) is 0.240. The van der Waals surface area contributed by atoms with E-state index in [-0.39, 0.29) is 17.6 Å². The van der Waals surface area contributed by atoms with Crippen LogP contribution in [0.4, 0.5) is 5.69 Å². The highest BCUT2D eigenvalue weighted by Crippen LogP contribution is 2.37. The number of rotatable bonds is 3. The van der Waals surface area contributed by atoms with Gasteiger partial charge in [0, 0.05) is 28.6 Å². The van der Waals surface area contributed by atoms with Crippen molar-refractivity contribution < 1.29 is 14.4 Å². The van der Waals surface area contributed by atoms with Gasteiger partial charge in [-0.3, -0.25) is 14.4 Å². The van der Waals surface area contributed by atoms with Gasteiger partial charge in [0.2, 0.25) is 0 Å². The summed E-state index contributed by atoms with van der Waals surface area (Å²) < 4.78 is 0. The van der Waals surface area contributed by atoms with E-state index >= 15 is 0 Å². The number of hydrogen-bond acceptors (Lipinski definition) is 4. The van der Waals surface area contributed by atoms with Gasteiger partial charge >= 0.3 is 0 Å². The third kappa shape index (κ3) is 3.26. The van der Waals surface area contributed by atoms with Crippen molar-refractivity contribution in [2.24, 2.45) is 21.6 Å². The maximum Gasteiger partial charge on any atom is 0.276 e. The summed E-state index contributed by atoms with van der Waals surface area (Å²) >= 11 is 0. The van der Waals surface area contributed by atoms with Gasteiger partial charge in [0.05, 0.1) is 22.7 Å². The molecule has 0 spiro atoms. The van der Waals surface area contributed by atoms with Crippen molar-refractivity contribution in [2.45, 2.75) is 26.7 Å². The third-order valence-electron chi connectivity index (χ3n) is 6.28. The maximum atomic E-state index is 12.9. The molecule has 3 aliphatic rings. The number of nitrogens with zero attached hydrogens (tertiary/aromatic N) is 2. The summed E-state index contributed by atoms with van der Waals surface area (Å²) in [4.78, 5) is 40.9. The summed E-state index contributed by atoms with van der Waals surface area (Å²) in [6.07, 6.45) is 10.5. The number of carbonyl (C=O) groups is 3. The first-order valence-electron chi connectivity index (χ1n) is 10.6. The Morgan fingerprint density at radius 2 is 1.91 bits per heavy atom. The van der Waals surface area contributed by atoms with Gasteiger partial charge in [-0.1, -0.05) is 50.3 Å². The lowest BCUT2D eigenvalue weighted by molar-refractivity contribution is -0.119. The molecule has 5 rings (SSSR count). The number of aromatic nitrogens is 1. The van der Waals surface area contributed by atoms with E-state index < -0.39 is 11.3 Å². The van der Waals surface area contributed by atoms with Crippen molar-refractivity contribution in [1.82, 2.24) is 4.98 Å². The van der Waals surface area contributed by atoms with Crippen LogP contribution in [0, 0.1) is 11.3 Å². The first-order valence-corrected chi connectivity index (χ1v) is 10.6. The number of azo groups is 1. The summed E-state index contributed by atoms with van der Waals surface area (Å²) in [6, 6.07) is 7.21. The van der Waals surface area contributed by atoms with Crippen LogP contribution < -0.4 is 5.32 Å². The lowest BCUT2D eigenvalue weighted by Gasteiger charge is -2.28. The Bertz CT molecular complexity index is 1270. The SMILES string of the molecule is CC1(C)CCc2[nH]cc(C(=O)Nc3ccc(C4=C5C=CC=CC5C(=O)N=N4)cc3)c2C1=O. The van der Waals surface area contributed by atoms with E-state index in [9.17, 15) is 14.4 Å². The zero-order valence-electron chi connectivity index (χ0n) is 17.8. The molecule has 0 fully saturated rings. The van der Waals surface area contributed by atoms with E-state index in [0.717, 1.165) is 29.7 Å². The molecule has 1 aliphatic heterocycles. The Morgan fingerprint density at radius 3 is 2.69 bits per heavy atom. The van der Waals surface area contributed by atoms with E-state index in [4.69, 9.17) is 0 Å². The molecule has 2 aromatic rings. The predicted molar refractivity (Wildman–Crippen MR) is 120 cm³/mol. The maximum absolute atomic E-state index is 12.9. The number of carbonyl (C=O) groups excluding carboxylic acids is 3. The number of aromatic amines is 1. The third-order valence-corrected chi connectivity index (χ3v) is 6.28. The summed E-state index contributed by atoms with van der Waals surface area (Å²) in [5.74, 6) is -1.02. The highest BCUT2D eigenvalue weighted by Gasteiger charge is 2.38. The number of nitrogens with one attached hydrogen (secondary N) is 2. The smallest absolute Gasteiger partial charge is 0.276 e. The minimum atomic E-state index is -0.475. The van der Waals surface area contributed by atoms with Gasteiger partial charge in [0.15, 0.2) is 5.78 Å². The molecular formula is C25H22N4O3. The van der Waals surface area contributed by atoms with Crippen LogP contribution in [0.3, 0.4) is 0 Å². The van der Waals surface area contributed by atoms with Gasteiger partial charge in [-0.25, -0.2) is 0 Å². The monoisotopic (exact) mass is 426 g/mol. The Kier molecular flexibility index (Phi) is 4.62. The number of Topliss-reactive ketones (excluding diaryl/α,β-unsaturated/α-hetero) is 1. The number of H-pyrrole nitrogens is 1. The Hall–Kier alpha value is -3.87. The average molecular weight is 426 g/mol. The molecule has 2 N–H and O–H groups in total. The molecule has 2 aliphatic carbocycles. The Balaban J connectivity index is 1.39. The Morgan fingerprint density at radius 1 is 1.12 bits per heavy atom. The van der Waals surface area contributed by atoms with Crippen molar-refractivity contribution in [3.05, 3.63) is 82.7 Å². The number of benzene rings is 1. The summed E-state index contributed by atoms with van der Waals surface area (Å²) in [7, 11) is 0. The van der Waals surface area contributed by atoms with Gasteiger partial charge < -0.3 is 10.3 Å². The summed E-state index contributed by atoms with van der Waals surface area (Å²) in [6.45, 7) is 3.83. The number of hydrogen-bond donors (Lipinski definition) is 2. The molecule has 1 aromatic heterocycles. The standard InChI is InChI=1S/C25H22N4O3/c1-25(2)12-11-19-20(22(25)30)18(13-26-19)23(31)27-15-9-7-14(8-10-15)21-16-5-3-4-6-17(16)24(32)29-28-21/h3-10,13,17,26H,11-12H2,1-2H3,(H,27,31). The van der Waals surface area contributed by atoms with Crippen LogP contribution in [0.25, 0.3) is 5.70 Å². The fourth-order valence-corrected chi connectivity index (χ4v) is 4.33. The van der Waals surface area contributed by atoms with Crippen LogP contribution >= 0.6 is 0 Å². The number of ketones is 1. The van der Waals surface area contributed by atoms with Crippen LogP contribution in [0.2, 0.25) is 0 Å². The number of allylic oxidation sites excluding steroid dienone is 3. The summed E-state index contributed by atoms with van der Waals surface area (Å²) in [5.41, 5.74) is 4.06. The molecule has 7 heteroatoms. The predicted octanol–water partition coefficient (Wildman–Crippen LogP) is 4.87. The van der Waals surface area contributed by atoms with E-state index in [1.54, 1.807) is 18.3 Å². The van der Waals surface area contributed by atoms with Crippen LogP contribution in [0.5, 0.6) is 0 Å². The molecule has 1 unspecified atom stereocenters. The number of aryl methyl sites for hydroxylation is 1. The van der Waals surface area contributed by atoms with Gasteiger partial charge in [0.25, 0.3) is 11.8 Å². The molecular weight excluding hydrogens is 404 g/mol. The fourth-order valence-electron chi connectivity index (χ4n) is 4.33. The summed E-state index contributed by atoms with van der Waals surface area (Å²) in [5, 5.41) is 10.8. The average Bonchev–Trinajstić information content (AvgIpc) is 3.22. The molecule has 0 saturated carbocycles. The number of anilines is 1. The molecule has 7 nitrogen and oxygen atoms in total. The zero-order chi connectivity index (χ0) is 22.5. The van der Waals surface area contributed by atoms with Crippen molar-refractivity contribution in [1.29, 1.82) is 0 Å². The van der Waals surface area contributed by atoms with Crippen LogP contribution in [-0.4, -0.2) is 22.6 Å². The molecule has 0 saturated heterocycles.